The Kier molecular flexibility index (Phi) is 4.43. The second-order valence-corrected chi connectivity index (χ2v) is 6.59. The average molecular weight is 326 g/mol. The summed E-state index contributed by atoms with van der Waals surface area (Å²) in [6.45, 7) is 2.05. The molecule has 1 heterocycles. The second-order valence-electron chi connectivity index (χ2n) is 4.09. The smallest absolute Gasteiger partial charge is 0.122 e. The summed E-state index contributed by atoms with van der Waals surface area (Å²) in [4.78, 5) is 1.29. The summed E-state index contributed by atoms with van der Waals surface area (Å²) in [5, 5.41) is 3.35. The zero-order chi connectivity index (χ0) is 13.1. The van der Waals surface area contributed by atoms with Gasteiger partial charge in [-0.3, -0.25) is 0 Å². The van der Waals surface area contributed by atoms with Crippen LogP contribution in [0.5, 0.6) is 5.75 Å². The molecule has 0 fully saturated rings. The Labute approximate surface area is 120 Å². The Morgan fingerprint density at radius 3 is 2.61 bits per heavy atom. The number of aryl methyl sites for hydroxylation is 1. The molecule has 0 saturated carbocycles. The predicted octanol–water partition coefficient (Wildman–Crippen LogP) is 4.14. The van der Waals surface area contributed by atoms with E-state index in [1.807, 2.05) is 7.05 Å². The predicted molar refractivity (Wildman–Crippen MR) is 80.7 cm³/mol. The van der Waals surface area contributed by atoms with Crippen LogP contribution in [0, 0.1) is 6.92 Å². The fourth-order valence-corrected chi connectivity index (χ4v) is 3.53. The fourth-order valence-electron chi connectivity index (χ4n) is 1.97. The molecule has 18 heavy (non-hydrogen) atoms. The van der Waals surface area contributed by atoms with Gasteiger partial charge in [0.1, 0.15) is 5.75 Å². The minimum absolute atomic E-state index is 0.204. The molecule has 0 radical (unpaired) electrons. The fraction of sp³-hybridized carbons (Fsp3) is 0.286. The standard InChI is InChI=1S/C14H16BrNOS/c1-9-4-5-10(8-11(9)17-3)14(16-2)12-6-7-13(15)18-12/h4-8,14,16H,1-3H3. The summed E-state index contributed by atoms with van der Waals surface area (Å²) in [6.07, 6.45) is 0. The van der Waals surface area contributed by atoms with Crippen LogP contribution in [-0.2, 0) is 0 Å². The average Bonchev–Trinajstić information content (AvgIpc) is 2.79. The van der Waals surface area contributed by atoms with Crippen molar-refractivity contribution in [3.8, 4) is 5.75 Å². The number of ether oxygens (including phenoxy) is 1. The summed E-state index contributed by atoms with van der Waals surface area (Å²) >= 11 is 5.25. The third kappa shape index (κ3) is 2.76. The first-order chi connectivity index (χ1) is 8.65. The van der Waals surface area contributed by atoms with Crippen molar-refractivity contribution in [1.29, 1.82) is 0 Å². The highest BCUT2D eigenvalue weighted by Gasteiger charge is 2.15. The quantitative estimate of drug-likeness (QED) is 0.912. The van der Waals surface area contributed by atoms with Gasteiger partial charge < -0.3 is 10.1 Å². The van der Waals surface area contributed by atoms with Gasteiger partial charge in [0.15, 0.2) is 0 Å². The van der Waals surface area contributed by atoms with Gasteiger partial charge in [-0.05, 0) is 59.2 Å². The highest BCUT2D eigenvalue weighted by atomic mass is 79.9. The lowest BCUT2D eigenvalue weighted by atomic mass is 10.0. The maximum atomic E-state index is 5.39. The van der Waals surface area contributed by atoms with E-state index >= 15 is 0 Å². The van der Waals surface area contributed by atoms with Crippen molar-refractivity contribution in [2.45, 2.75) is 13.0 Å². The maximum Gasteiger partial charge on any atom is 0.122 e. The third-order valence-corrected chi connectivity index (χ3v) is 4.62. The van der Waals surface area contributed by atoms with Gasteiger partial charge in [0, 0.05) is 4.88 Å². The Bertz CT molecular complexity index is 538. The van der Waals surface area contributed by atoms with Crippen molar-refractivity contribution in [1.82, 2.24) is 5.32 Å². The molecule has 2 aromatic rings. The van der Waals surface area contributed by atoms with Crippen molar-refractivity contribution in [2.75, 3.05) is 14.2 Å². The SMILES string of the molecule is CNC(c1ccc(C)c(OC)c1)c1ccc(Br)s1. The minimum atomic E-state index is 0.204. The molecule has 1 atom stereocenters. The third-order valence-electron chi connectivity index (χ3n) is 2.93. The highest BCUT2D eigenvalue weighted by molar-refractivity contribution is 9.11. The van der Waals surface area contributed by atoms with Gasteiger partial charge in [-0.15, -0.1) is 11.3 Å². The molecule has 1 aromatic heterocycles. The molecule has 1 aromatic carbocycles. The van der Waals surface area contributed by atoms with Crippen molar-refractivity contribution in [3.05, 3.63) is 50.1 Å². The summed E-state index contributed by atoms with van der Waals surface area (Å²) < 4.78 is 6.54. The number of hydrogen-bond acceptors (Lipinski definition) is 3. The molecule has 0 saturated heterocycles. The van der Waals surface area contributed by atoms with Crippen LogP contribution in [0.2, 0.25) is 0 Å². The molecule has 1 unspecified atom stereocenters. The van der Waals surface area contributed by atoms with Crippen LogP contribution in [0.4, 0.5) is 0 Å². The van der Waals surface area contributed by atoms with Crippen LogP contribution >= 0.6 is 27.3 Å². The number of nitrogens with one attached hydrogen (secondary N) is 1. The molecule has 0 bridgehead atoms. The normalized spacial score (nSPS) is 12.4. The topological polar surface area (TPSA) is 21.3 Å². The lowest BCUT2D eigenvalue weighted by Gasteiger charge is -2.16. The van der Waals surface area contributed by atoms with Crippen LogP contribution in [0.1, 0.15) is 22.0 Å². The molecule has 1 N–H and O–H groups in total. The first-order valence-corrected chi connectivity index (χ1v) is 7.33. The lowest BCUT2D eigenvalue weighted by Crippen LogP contribution is -2.16. The number of methoxy groups -OCH3 is 1. The van der Waals surface area contributed by atoms with E-state index in [0.29, 0.717) is 0 Å². The first kappa shape index (κ1) is 13.6. The maximum absolute atomic E-state index is 5.39. The molecular weight excluding hydrogens is 310 g/mol. The monoisotopic (exact) mass is 325 g/mol. The van der Waals surface area contributed by atoms with Gasteiger partial charge in [-0.2, -0.15) is 0 Å². The van der Waals surface area contributed by atoms with Gasteiger partial charge in [0.2, 0.25) is 0 Å². The van der Waals surface area contributed by atoms with E-state index in [4.69, 9.17) is 4.74 Å². The number of halogens is 1. The van der Waals surface area contributed by atoms with E-state index in [1.54, 1.807) is 18.4 Å². The van der Waals surface area contributed by atoms with E-state index < -0.39 is 0 Å². The summed E-state index contributed by atoms with van der Waals surface area (Å²) in [5.74, 6) is 0.934. The minimum Gasteiger partial charge on any atom is -0.496 e. The van der Waals surface area contributed by atoms with Gasteiger partial charge in [0.25, 0.3) is 0 Å². The molecule has 96 valence electrons. The molecule has 0 aliphatic rings. The molecule has 0 aliphatic carbocycles. The van der Waals surface area contributed by atoms with Crippen LogP contribution < -0.4 is 10.1 Å². The zero-order valence-corrected chi connectivity index (χ0v) is 13.1. The van der Waals surface area contributed by atoms with Crippen LogP contribution in [0.25, 0.3) is 0 Å². The summed E-state index contributed by atoms with van der Waals surface area (Å²) in [5.41, 5.74) is 2.37. The Morgan fingerprint density at radius 1 is 1.28 bits per heavy atom. The van der Waals surface area contributed by atoms with Gasteiger partial charge >= 0.3 is 0 Å². The van der Waals surface area contributed by atoms with Crippen molar-refractivity contribution in [2.24, 2.45) is 0 Å². The highest BCUT2D eigenvalue weighted by Crippen LogP contribution is 2.33. The molecule has 4 heteroatoms. The summed E-state index contributed by atoms with van der Waals surface area (Å²) in [7, 11) is 3.69. The van der Waals surface area contributed by atoms with E-state index in [0.717, 1.165) is 15.1 Å². The molecule has 0 spiro atoms. The van der Waals surface area contributed by atoms with E-state index in [1.165, 1.54) is 10.4 Å². The Morgan fingerprint density at radius 2 is 2.06 bits per heavy atom. The molecule has 2 nitrogen and oxygen atoms in total. The number of benzene rings is 1. The molecule has 0 aliphatic heterocycles. The first-order valence-electron chi connectivity index (χ1n) is 5.72. The lowest BCUT2D eigenvalue weighted by molar-refractivity contribution is 0.410. The Balaban J connectivity index is 2.38. The van der Waals surface area contributed by atoms with E-state index in [2.05, 4.69) is 58.5 Å². The number of hydrogen-bond donors (Lipinski definition) is 1. The van der Waals surface area contributed by atoms with E-state index in [9.17, 15) is 0 Å². The van der Waals surface area contributed by atoms with E-state index in [-0.39, 0.29) is 6.04 Å². The Hall–Kier alpha value is -0.840. The van der Waals surface area contributed by atoms with Crippen molar-refractivity contribution in [3.63, 3.8) is 0 Å². The molecule has 0 amide bonds. The summed E-state index contributed by atoms with van der Waals surface area (Å²) in [6, 6.07) is 10.8. The van der Waals surface area contributed by atoms with Crippen LogP contribution in [0.3, 0.4) is 0 Å². The van der Waals surface area contributed by atoms with Crippen molar-refractivity contribution < 1.29 is 4.74 Å². The molecule has 2 rings (SSSR count). The molecular formula is C14H16BrNOS. The van der Waals surface area contributed by atoms with Crippen LogP contribution in [0.15, 0.2) is 34.1 Å². The van der Waals surface area contributed by atoms with Crippen LogP contribution in [-0.4, -0.2) is 14.2 Å². The number of thiophene rings is 1. The van der Waals surface area contributed by atoms with Gasteiger partial charge in [-0.1, -0.05) is 12.1 Å². The number of rotatable bonds is 4. The van der Waals surface area contributed by atoms with Gasteiger partial charge in [-0.25, -0.2) is 0 Å². The van der Waals surface area contributed by atoms with Gasteiger partial charge in [0.05, 0.1) is 16.9 Å². The zero-order valence-electron chi connectivity index (χ0n) is 10.7. The largest absolute Gasteiger partial charge is 0.496 e. The van der Waals surface area contributed by atoms with Crippen molar-refractivity contribution >= 4 is 27.3 Å². The second kappa shape index (κ2) is 5.87.